The van der Waals surface area contributed by atoms with Crippen LogP contribution in [0.2, 0.25) is 0 Å². The number of rotatable bonds is 3. The lowest BCUT2D eigenvalue weighted by molar-refractivity contribution is 0.101. The molecule has 1 aromatic carbocycles. The Balaban J connectivity index is 2.28. The predicted octanol–water partition coefficient (Wildman–Crippen LogP) is 1.30. The van der Waals surface area contributed by atoms with Crippen LogP contribution in [-0.4, -0.2) is 25.7 Å². The van der Waals surface area contributed by atoms with Gasteiger partial charge in [0.15, 0.2) is 0 Å². The van der Waals surface area contributed by atoms with Gasteiger partial charge in [-0.25, -0.2) is 17.5 Å². The molecule has 4 N–H and O–H groups in total. The summed E-state index contributed by atoms with van der Waals surface area (Å²) in [5.74, 6) is -0.838. The SMILES string of the molecule is Cc1cc(F)c(S(=O)(=O)NC2CCCCC2O)cc1N. The van der Waals surface area contributed by atoms with E-state index in [-0.39, 0.29) is 5.69 Å². The van der Waals surface area contributed by atoms with Crippen LogP contribution in [0.15, 0.2) is 17.0 Å². The summed E-state index contributed by atoms with van der Waals surface area (Å²) < 4.78 is 40.6. The molecule has 1 aliphatic carbocycles. The average Bonchev–Trinajstić information content (AvgIpc) is 2.36. The van der Waals surface area contributed by atoms with Gasteiger partial charge in [-0.15, -0.1) is 0 Å². The summed E-state index contributed by atoms with van der Waals surface area (Å²) in [4.78, 5) is -0.474. The van der Waals surface area contributed by atoms with E-state index in [0.717, 1.165) is 25.0 Å². The Labute approximate surface area is 118 Å². The van der Waals surface area contributed by atoms with Crippen LogP contribution in [0, 0.1) is 12.7 Å². The number of anilines is 1. The summed E-state index contributed by atoms with van der Waals surface area (Å²) in [6.07, 6.45) is 2.06. The lowest BCUT2D eigenvalue weighted by Gasteiger charge is -2.28. The normalized spacial score (nSPS) is 23.8. The van der Waals surface area contributed by atoms with Crippen molar-refractivity contribution in [1.29, 1.82) is 0 Å². The number of halogens is 1. The van der Waals surface area contributed by atoms with Crippen LogP contribution in [0.1, 0.15) is 31.2 Å². The maximum absolute atomic E-state index is 13.8. The standard InChI is InChI=1S/C13H19FN2O3S/c1-8-6-9(14)13(7-10(8)15)20(18,19)16-11-4-2-3-5-12(11)17/h6-7,11-12,16-17H,2-5,15H2,1H3. The van der Waals surface area contributed by atoms with Crippen molar-refractivity contribution in [2.75, 3.05) is 5.73 Å². The van der Waals surface area contributed by atoms with Crippen LogP contribution < -0.4 is 10.5 Å². The van der Waals surface area contributed by atoms with Crippen molar-refractivity contribution in [3.63, 3.8) is 0 Å². The fraction of sp³-hybridized carbons (Fsp3) is 0.538. The molecule has 0 aliphatic heterocycles. The number of nitrogen functional groups attached to an aromatic ring is 1. The molecule has 2 unspecified atom stereocenters. The summed E-state index contributed by atoms with van der Waals surface area (Å²) >= 11 is 0. The van der Waals surface area contributed by atoms with Gasteiger partial charge in [0.25, 0.3) is 0 Å². The van der Waals surface area contributed by atoms with E-state index in [2.05, 4.69) is 4.72 Å². The summed E-state index contributed by atoms with van der Waals surface area (Å²) in [6, 6.07) is 1.64. The van der Waals surface area contributed by atoms with Crippen LogP contribution in [0.5, 0.6) is 0 Å². The zero-order chi connectivity index (χ0) is 14.9. The lowest BCUT2D eigenvalue weighted by atomic mass is 9.93. The largest absolute Gasteiger partial charge is 0.398 e. The molecule has 0 radical (unpaired) electrons. The van der Waals surface area contributed by atoms with E-state index in [9.17, 15) is 17.9 Å². The second-order valence-electron chi connectivity index (χ2n) is 5.22. The van der Waals surface area contributed by atoms with Crippen molar-refractivity contribution in [2.24, 2.45) is 0 Å². The number of hydrogen-bond donors (Lipinski definition) is 3. The Morgan fingerprint density at radius 1 is 1.35 bits per heavy atom. The predicted molar refractivity (Wildman–Crippen MR) is 74.1 cm³/mol. The Hall–Kier alpha value is -1.18. The van der Waals surface area contributed by atoms with Gasteiger partial charge >= 0.3 is 0 Å². The first kappa shape index (κ1) is 15.2. The highest BCUT2D eigenvalue weighted by Crippen LogP contribution is 2.24. The van der Waals surface area contributed by atoms with E-state index >= 15 is 0 Å². The maximum atomic E-state index is 13.8. The molecule has 1 aliphatic rings. The number of aliphatic hydroxyl groups excluding tert-OH is 1. The maximum Gasteiger partial charge on any atom is 0.243 e. The zero-order valence-electron chi connectivity index (χ0n) is 11.3. The van der Waals surface area contributed by atoms with Crippen molar-refractivity contribution < 1.29 is 17.9 Å². The van der Waals surface area contributed by atoms with Crippen LogP contribution in [0.4, 0.5) is 10.1 Å². The molecule has 0 saturated heterocycles. The van der Waals surface area contributed by atoms with E-state index in [1.54, 1.807) is 6.92 Å². The molecule has 7 heteroatoms. The molecule has 20 heavy (non-hydrogen) atoms. The lowest BCUT2D eigenvalue weighted by Crippen LogP contribution is -2.45. The molecule has 5 nitrogen and oxygen atoms in total. The molecule has 0 bridgehead atoms. The number of sulfonamides is 1. The Morgan fingerprint density at radius 2 is 2.00 bits per heavy atom. The molecule has 0 aromatic heterocycles. The quantitative estimate of drug-likeness (QED) is 0.734. The van der Waals surface area contributed by atoms with Crippen LogP contribution in [0.3, 0.4) is 0 Å². The van der Waals surface area contributed by atoms with Gasteiger partial charge in [0, 0.05) is 11.7 Å². The molecule has 2 atom stereocenters. The number of nitrogens with two attached hydrogens (primary N) is 1. The number of benzene rings is 1. The highest BCUT2D eigenvalue weighted by atomic mass is 32.2. The monoisotopic (exact) mass is 302 g/mol. The van der Waals surface area contributed by atoms with Crippen molar-refractivity contribution in [3.8, 4) is 0 Å². The molecule has 1 fully saturated rings. The highest BCUT2D eigenvalue weighted by Gasteiger charge is 2.29. The van der Waals surface area contributed by atoms with Gasteiger partial charge in [-0.3, -0.25) is 0 Å². The molecular formula is C13H19FN2O3S. The first-order valence-electron chi connectivity index (χ1n) is 6.57. The first-order chi connectivity index (χ1) is 9.31. The number of hydrogen-bond acceptors (Lipinski definition) is 4. The fourth-order valence-electron chi connectivity index (χ4n) is 2.39. The second kappa shape index (κ2) is 5.67. The summed E-state index contributed by atoms with van der Waals surface area (Å²) in [5.41, 5.74) is 6.34. The van der Waals surface area contributed by atoms with Crippen molar-refractivity contribution in [2.45, 2.75) is 49.6 Å². The van der Waals surface area contributed by atoms with Gasteiger partial charge in [-0.05, 0) is 37.5 Å². The molecule has 112 valence electrons. The minimum Gasteiger partial charge on any atom is -0.398 e. The van der Waals surface area contributed by atoms with Gasteiger partial charge in [-0.1, -0.05) is 12.8 Å². The average molecular weight is 302 g/mol. The molecule has 0 spiro atoms. The molecule has 2 rings (SSSR count). The summed E-state index contributed by atoms with van der Waals surface area (Å²) in [5, 5.41) is 9.80. The Bertz CT molecular complexity index is 604. The van der Waals surface area contributed by atoms with Crippen molar-refractivity contribution >= 4 is 15.7 Å². The molecule has 0 heterocycles. The van der Waals surface area contributed by atoms with E-state index in [1.165, 1.54) is 0 Å². The molecule has 1 aromatic rings. The van der Waals surface area contributed by atoms with Crippen LogP contribution in [-0.2, 0) is 10.0 Å². The Morgan fingerprint density at radius 3 is 2.65 bits per heavy atom. The fourth-order valence-corrected chi connectivity index (χ4v) is 3.78. The van der Waals surface area contributed by atoms with Gasteiger partial charge in [-0.2, -0.15) is 0 Å². The van der Waals surface area contributed by atoms with E-state index < -0.39 is 32.9 Å². The molecular weight excluding hydrogens is 283 g/mol. The van der Waals surface area contributed by atoms with E-state index in [0.29, 0.717) is 18.4 Å². The third-order valence-corrected chi connectivity index (χ3v) is 5.15. The van der Waals surface area contributed by atoms with Crippen LogP contribution >= 0.6 is 0 Å². The highest BCUT2D eigenvalue weighted by molar-refractivity contribution is 7.89. The third kappa shape index (κ3) is 3.11. The third-order valence-electron chi connectivity index (χ3n) is 3.65. The topological polar surface area (TPSA) is 92.4 Å². The summed E-state index contributed by atoms with van der Waals surface area (Å²) in [7, 11) is -4.03. The van der Waals surface area contributed by atoms with Crippen molar-refractivity contribution in [1.82, 2.24) is 4.72 Å². The van der Waals surface area contributed by atoms with E-state index in [1.807, 2.05) is 0 Å². The summed E-state index contributed by atoms with van der Waals surface area (Å²) in [6.45, 7) is 1.60. The second-order valence-corrected chi connectivity index (χ2v) is 6.90. The number of aliphatic hydroxyl groups is 1. The van der Waals surface area contributed by atoms with Gasteiger partial charge in [0.2, 0.25) is 10.0 Å². The van der Waals surface area contributed by atoms with E-state index in [4.69, 9.17) is 5.73 Å². The Kier molecular flexibility index (Phi) is 4.31. The zero-order valence-corrected chi connectivity index (χ0v) is 12.1. The van der Waals surface area contributed by atoms with Gasteiger partial charge in [0.05, 0.1) is 6.10 Å². The number of aryl methyl sites for hydroxylation is 1. The number of nitrogens with one attached hydrogen (secondary N) is 1. The van der Waals surface area contributed by atoms with Crippen molar-refractivity contribution in [3.05, 3.63) is 23.5 Å². The molecule has 0 amide bonds. The van der Waals surface area contributed by atoms with Gasteiger partial charge in [0.1, 0.15) is 10.7 Å². The molecule has 1 saturated carbocycles. The smallest absolute Gasteiger partial charge is 0.243 e. The van der Waals surface area contributed by atoms with Crippen LogP contribution in [0.25, 0.3) is 0 Å². The minimum atomic E-state index is -4.03. The van der Waals surface area contributed by atoms with Gasteiger partial charge < -0.3 is 10.8 Å². The minimum absolute atomic E-state index is 0.218. The first-order valence-corrected chi connectivity index (χ1v) is 8.05.